The molecule has 12 nitrogen and oxygen atoms in total. The highest BCUT2D eigenvalue weighted by Crippen LogP contribution is 2.30. The number of imidazole rings is 4. The van der Waals surface area contributed by atoms with Gasteiger partial charge in [0.2, 0.25) is 0 Å². The van der Waals surface area contributed by atoms with Crippen LogP contribution in [0.2, 0.25) is 5.02 Å². The lowest BCUT2D eigenvalue weighted by Crippen LogP contribution is -2.11. The standard InChI is InChI=1S/C24H24ClFN2O4.C5H6Br2N2.C4H4Br2N2.C4H6N2/c1-5-32-21-11-7-15(13-22(21)31-4)19(29)9-10-20(30)24-27-23(14(2)28(24)3)16-6-8-18(26)17(25)12-16;1-3-4(6)8-5(7)9(3)2;1-2-3(5)8-4(6)7-2;1-4-2-5-3-6-4/h6-8,11-13H,5,9-10H2,1-4H3;1-2H3;1H3,(H,7,8);2-3H,1H3,(H,5,6). The molecule has 0 fully saturated rings. The van der Waals surface area contributed by atoms with Gasteiger partial charge in [0.1, 0.15) is 15.0 Å². The Balaban J connectivity index is 0.000000280. The number of hydrogen-bond donors (Lipinski definition) is 2. The third-order valence-electron chi connectivity index (χ3n) is 7.89. The molecule has 18 heteroatoms. The first-order valence-electron chi connectivity index (χ1n) is 16.5. The lowest BCUT2D eigenvalue weighted by molar-refractivity contribution is 0.0910. The van der Waals surface area contributed by atoms with Crippen LogP contribution >= 0.6 is 75.3 Å². The molecule has 0 aliphatic carbocycles. The van der Waals surface area contributed by atoms with Crippen LogP contribution in [0, 0.1) is 33.5 Å². The molecule has 2 N–H and O–H groups in total. The maximum absolute atomic E-state index is 13.5. The number of rotatable bonds is 9. The van der Waals surface area contributed by atoms with E-state index in [0.717, 1.165) is 41.4 Å². The summed E-state index contributed by atoms with van der Waals surface area (Å²) in [5.41, 5.74) is 5.60. The number of methoxy groups -OCH3 is 1. The third-order valence-corrected chi connectivity index (χ3v) is 10.8. The number of aromatic nitrogens is 8. The molecule has 4 heterocycles. The number of ketones is 2. The minimum atomic E-state index is -0.523. The number of hydrogen-bond acceptors (Lipinski definition) is 8. The number of nitrogens with zero attached hydrogens (tertiary/aromatic N) is 6. The summed E-state index contributed by atoms with van der Waals surface area (Å²) in [4.78, 5) is 47.6. The van der Waals surface area contributed by atoms with Crippen molar-refractivity contribution in [1.29, 1.82) is 0 Å². The molecule has 6 rings (SSSR count). The molecule has 0 amide bonds. The van der Waals surface area contributed by atoms with Gasteiger partial charge in [0.05, 0.1) is 30.8 Å². The van der Waals surface area contributed by atoms with Gasteiger partial charge < -0.3 is 28.6 Å². The van der Waals surface area contributed by atoms with Crippen molar-refractivity contribution in [2.24, 2.45) is 14.1 Å². The third kappa shape index (κ3) is 13.0. The molecule has 0 aliphatic rings. The second kappa shape index (κ2) is 21.6. The summed E-state index contributed by atoms with van der Waals surface area (Å²) in [5.74, 6) is 0.281. The van der Waals surface area contributed by atoms with Crippen molar-refractivity contribution >= 4 is 86.9 Å². The molecule has 0 atom stereocenters. The Kier molecular flexibility index (Phi) is 18.0. The largest absolute Gasteiger partial charge is 0.493 e. The Morgan fingerprint density at radius 3 is 2.00 bits per heavy atom. The predicted molar refractivity (Wildman–Crippen MR) is 226 cm³/mol. The first kappa shape index (κ1) is 45.7. The fourth-order valence-corrected chi connectivity index (χ4v) is 6.87. The average molecular weight is 1030 g/mol. The molecule has 2 aromatic carbocycles. The van der Waals surface area contributed by atoms with Crippen LogP contribution in [0.15, 0.2) is 67.6 Å². The van der Waals surface area contributed by atoms with E-state index >= 15 is 0 Å². The number of carbonyl (C=O) groups excluding carboxylic acids is 2. The van der Waals surface area contributed by atoms with Crippen molar-refractivity contribution in [3.63, 3.8) is 0 Å². The Morgan fingerprint density at radius 1 is 0.873 bits per heavy atom. The van der Waals surface area contributed by atoms with Gasteiger partial charge >= 0.3 is 0 Å². The highest BCUT2D eigenvalue weighted by molar-refractivity contribution is 9.11. The number of carbonyl (C=O) groups is 2. The van der Waals surface area contributed by atoms with Gasteiger partial charge in [0.15, 0.2) is 38.4 Å². The Hall–Kier alpha value is -3.64. The molecule has 0 saturated heterocycles. The van der Waals surface area contributed by atoms with Gasteiger partial charge in [-0.05, 0) is 135 Å². The van der Waals surface area contributed by atoms with E-state index in [1.807, 2.05) is 46.2 Å². The van der Waals surface area contributed by atoms with Crippen LogP contribution in [0.4, 0.5) is 4.39 Å². The zero-order chi connectivity index (χ0) is 41.0. The minimum Gasteiger partial charge on any atom is -0.493 e. The van der Waals surface area contributed by atoms with Crippen LogP contribution in [0.1, 0.15) is 63.5 Å². The summed E-state index contributed by atoms with van der Waals surface area (Å²) in [7, 11) is 5.19. The molecule has 55 heavy (non-hydrogen) atoms. The van der Waals surface area contributed by atoms with Gasteiger partial charge in [-0.15, -0.1) is 0 Å². The van der Waals surface area contributed by atoms with Crippen LogP contribution < -0.4 is 9.47 Å². The van der Waals surface area contributed by atoms with Crippen LogP contribution in [0.25, 0.3) is 11.3 Å². The Labute approximate surface area is 357 Å². The van der Waals surface area contributed by atoms with Crippen molar-refractivity contribution < 1.29 is 23.5 Å². The first-order valence-corrected chi connectivity index (χ1v) is 20.1. The van der Waals surface area contributed by atoms with Crippen LogP contribution in [0.5, 0.6) is 11.5 Å². The molecule has 0 saturated carbocycles. The fourth-order valence-electron chi connectivity index (χ4n) is 4.59. The van der Waals surface area contributed by atoms with Crippen LogP contribution in [0.3, 0.4) is 0 Å². The van der Waals surface area contributed by atoms with E-state index < -0.39 is 5.82 Å². The minimum absolute atomic E-state index is 0.00225. The zero-order valence-corrected chi connectivity index (χ0v) is 38.4. The fraction of sp³-hybridized carbons (Fsp3) is 0.297. The van der Waals surface area contributed by atoms with Crippen molar-refractivity contribution in [3.05, 3.63) is 113 Å². The Morgan fingerprint density at radius 2 is 1.56 bits per heavy atom. The Bertz CT molecular complexity index is 2180. The van der Waals surface area contributed by atoms with Crippen molar-refractivity contribution in [2.45, 2.75) is 47.5 Å². The predicted octanol–water partition coefficient (Wildman–Crippen LogP) is 10.7. The number of H-pyrrole nitrogens is 2. The molecule has 0 bridgehead atoms. The number of benzene rings is 2. The quantitative estimate of drug-likeness (QED) is 0.136. The molecule has 294 valence electrons. The van der Waals surface area contributed by atoms with E-state index in [4.69, 9.17) is 21.1 Å². The normalized spacial score (nSPS) is 10.4. The summed E-state index contributed by atoms with van der Waals surface area (Å²) in [6, 6.07) is 9.24. The number of aromatic amines is 2. The van der Waals surface area contributed by atoms with Gasteiger partial charge in [-0.1, -0.05) is 11.6 Å². The van der Waals surface area contributed by atoms with E-state index in [2.05, 4.69) is 93.6 Å². The summed E-state index contributed by atoms with van der Waals surface area (Å²) < 4.78 is 31.3. The highest BCUT2D eigenvalue weighted by atomic mass is 79.9. The second-order valence-corrected chi connectivity index (χ2v) is 15.1. The molecule has 0 spiro atoms. The van der Waals surface area contributed by atoms with E-state index in [9.17, 15) is 14.0 Å². The second-order valence-electron chi connectivity index (χ2n) is 11.7. The van der Waals surface area contributed by atoms with E-state index in [-0.39, 0.29) is 35.3 Å². The molecular formula is C37H40Br4ClFN8O4. The maximum Gasteiger partial charge on any atom is 0.198 e. The lowest BCUT2D eigenvalue weighted by Gasteiger charge is -2.10. The average Bonchev–Trinajstić information content (AvgIpc) is 3.89. The number of ether oxygens (including phenoxy) is 2. The molecule has 0 aliphatic heterocycles. The smallest absolute Gasteiger partial charge is 0.198 e. The van der Waals surface area contributed by atoms with E-state index in [1.54, 1.807) is 48.4 Å². The van der Waals surface area contributed by atoms with Gasteiger partial charge in [0.25, 0.3) is 0 Å². The monoisotopic (exact) mass is 1030 g/mol. The zero-order valence-electron chi connectivity index (χ0n) is 31.3. The van der Waals surface area contributed by atoms with Gasteiger partial charge in [-0.3, -0.25) is 9.59 Å². The van der Waals surface area contributed by atoms with E-state index in [0.29, 0.717) is 34.9 Å². The van der Waals surface area contributed by atoms with E-state index in [1.165, 1.54) is 19.2 Å². The van der Waals surface area contributed by atoms with Gasteiger partial charge in [-0.2, -0.15) is 0 Å². The number of aryl methyl sites for hydroxylation is 2. The maximum atomic E-state index is 13.5. The molecule has 4 aromatic heterocycles. The summed E-state index contributed by atoms with van der Waals surface area (Å²) in [6.45, 7) is 10.1. The lowest BCUT2D eigenvalue weighted by atomic mass is 10.0. The van der Waals surface area contributed by atoms with Gasteiger partial charge in [-0.25, -0.2) is 24.3 Å². The highest BCUT2D eigenvalue weighted by Gasteiger charge is 2.21. The molecule has 0 radical (unpaired) electrons. The van der Waals surface area contributed by atoms with Crippen molar-refractivity contribution in [3.8, 4) is 22.8 Å². The summed E-state index contributed by atoms with van der Waals surface area (Å²) in [5, 5.41) is -0.0168. The SMILES string of the molecule is CCOc1ccc(C(=O)CCC(=O)c2nc(-c3ccc(F)c(Cl)c3)c(C)n2C)cc1OC.Cc1[nH]c(Br)nc1Br.Cc1c(Br)nc(Br)n1C.Cc1cnc[nH]1. The van der Waals surface area contributed by atoms with Crippen LogP contribution in [-0.2, 0) is 14.1 Å². The number of nitrogens with one attached hydrogen (secondary N) is 2. The summed E-state index contributed by atoms with van der Waals surface area (Å²) >= 11 is 18.9. The summed E-state index contributed by atoms with van der Waals surface area (Å²) in [6.07, 6.45) is 3.47. The van der Waals surface area contributed by atoms with Crippen LogP contribution in [-0.4, -0.2) is 64.3 Å². The first-order chi connectivity index (χ1) is 26.0. The molecule has 6 aromatic rings. The molecule has 0 unspecified atom stereocenters. The van der Waals surface area contributed by atoms with Crippen molar-refractivity contribution in [1.82, 2.24) is 39.0 Å². The number of Topliss-reactive ketones (excluding diaryl/α,β-unsaturated/α-hetero) is 2. The number of halogens is 6. The topological polar surface area (TPSA) is 146 Å². The van der Waals surface area contributed by atoms with Crippen molar-refractivity contribution in [2.75, 3.05) is 13.7 Å². The van der Waals surface area contributed by atoms with Gasteiger partial charge in [0, 0.05) is 67.0 Å². The molecular weight excluding hydrogens is 995 g/mol.